The van der Waals surface area contributed by atoms with E-state index in [0.717, 1.165) is 21.6 Å². The van der Waals surface area contributed by atoms with Gasteiger partial charge < -0.3 is 9.47 Å². The van der Waals surface area contributed by atoms with E-state index in [-0.39, 0.29) is 0 Å². The van der Waals surface area contributed by atoms with Crippen molar-refractivity contribution in [1.29, 1.82) is 0 Å². The number of ether oxygens (including phenoxy) is 2. The van der Waals surface area contributed by atoms with Crippen LogP contribution in [0.25, 0.3) is 11.3 Å². The lowest BCUT2D eigenvalue weighted by Crippen LogP contribution is -2.02. The predicted octanol–water partition coefficient (Wildman–Crippen LogP) is 6.59. The topological polar surface area (TPSA) is 73.3 Å². The molecule has 0 amide bonds. The summed E-state index contributed by atoms with van der Waals surface area (Å²) in [5.41, 5.74) is 4.03. The number of benzene rings is 3. The first kappa shape index (κ1) is 23.6. The van der Waals surface area contributed by atoms with Gasteiger partial charge in [-0.15, -0.1) is 0 Å². The van der Waals surface area contributed by atoms with Crippen molar-refractivity contribution < 1.29 is 14.3 Å². The summed E-state index contributed by atoms with van der Waals surface area (Å²) in [4.78, 5) is 21.6. The quantitative estimate of drug-likeness (QED) is 0.169. The van der Waals surface area contributed by atoms with E-state index in [1.54, 1.807) is 24.3 Å². The molecule has 4 aromatic rings. The van der Waals surface area contributed by atoms with Gasteiger partial charge in [0, 0.05) is 16.5 Å². The molecule has 8 heteroatoms. The molecular weight excluding hydrogens is 470 g/mol. The molecule has 6 nitrogen and oxygen atoms in total. The van der Waals surface area contributed by atoms with Crippen LogP contribution in [-0.4, -0.2) is 23.0 Å². The lowest BCUT2D eigenvalue weighted by Gasteiger charge is -2.15. The molecule has 4 rings (SSSR count). The second-order valence-electron chi connectivity index (χ2n) is 7.35. The third kappa shape index (κ3) is 5.87. The first-order chi connectivity index (χ1) is 16.5. The van der Waals surface area contributed by atoms with Crippen LogP contribution in [-0.2, 0) is 11.3 Å². The van der Waals surface area contributed by atoms with Crippen molar-refractivity contribution in [2.75, 3.05) is 11.8 Å². The van der Waals surface area contributed by atoms with Crippen LogP contribution in [0, 0.1) is 6.92 Å². The Kier molecular flexibility index (Phi) is 7.67. The van der Waals surface area contributed by atoms with Gasteiger partial charge in [0.1, 0.15) is 17.5 Å². The molecular formula is C26H22ClN3O3S. The van der Waals surface area contributed by atoms with Crippen molar-refractivity contribution >= 4 is 35.5 Å². The van der Waals surface area contributed by atoms with E-state index in [0.29, 0.717) is 34.7 Å². The number of aromatic nitrogens is 2. The molecule has 34 heavy (non-hydrogen) atoms. The van der Waals surface area contributed by atoms with Crippen molar-refractivity contribution in [2.24, 2.45) is 0 Å². The Hall–Kier alpha value is -3.55. The second kappa shape index (κ2) is 11.0. The fourth-order valence-electron chi connectivity index (χ4n) is 3.33. The van der Waals surface area contributed by atoms with Crippen LogP contribution in [0.15, 0.2) is 83.8 Å². The summed E-state index contributed by atoms with van der Waals surface area (Å²) in [5.74, 6) is 0.655. The molecule has 0 atom stereocenters. The fraction of sp³-hybridized carbons (Fsp3) is 0.115. The van der Waals surface area contributed by atoms with Gasteiger partial charge in [0.15, 0.2) is 0 Å². The van der Waals surface area contributed by atoms with Crippen LogP contribution in [0.4, 0.5) is 5.95 Å². The molecule has 172 valence electrons. The Labute approximate surface area is 207 Å². The zero-order valence-corrected chi connectivity index (χ0v) is 20.2. The first-order valence-corrected chi connectivity index (χ1v) is 11.7. The van der Waals surface area contributed by atoms with E-state index in [1.807, 2.05) is 61.5 Å². The van der Waals surface area contributed by atoms with Gasteiger partial charge in [-0.05, 0) is 54.3 Å². The number of hydrogen-bond donors (Lipinski definition) is 1. The van der Waals surface area contributed by atoms with E-state index < -0.39 is 5.97 Å². The molecule has 1 heterocycles. The van der Waals surface area contributed by atoms with Crippen molar-refractivity contribution in [3.8, 4) is 17.0 Å². The zero-order chi connectivity index (χ0) is 23.9. The highest BCUT2D eigenvalue weighted by Gasteiger charge is 2.14. The summed E-state index contributed by atoms with van der Waals surface area (Å²) in [6, 6.07) is 24.6. The lowest BCUT2D eigenvalue weighted by atomic mass is 10.0. The molecule has 0 unspecified atom stereocenters. The van der Waals surface area contributed by atoms with Crippen molar-refractivity contribution in [3.05, 3.63) is 101 Å². The molecule has 3 aromatic carbocycles. The minimum atomic E-state index is -0.397. The van der Waals surface area contributed by atoms with Crippen molar-refractivity contribution in [1.82, 2.24) is 9.97 Å². The molecule has 0 bridgehead atoms. The minimum Gasteiger partial charge on any atom is -0.488 e. The number of rotatable bonds is 8. The van der Waals surface area contributed by atoms with Crippen molar-refractivity contribution in [3.63, 3.8) is 0 Å². The Morgan fingerprint density at radius 3 is 2.59 bits per heavy atom. The Morgan fingerprint density at radius 2 is 1.79 bits per heavy atom. The normalized spacial score (nSPS) is 10.6. The number of carbonyl (C=O) groups is 1. The highest BCUT2D eigenvalue weighted by atomic mass is 35.5. The number of hydrogen-bond acceptors (Lipinski definition) is 7. The molecule has 0 spiro atoms. The maximum absolute atomic E-state index is 11.8. The van der Waals surface area contributed by atoms with Crippen LogP contribution >= 0.6 is 23.5 Å². The van der Waals surface area contributed by atoms with Gasteiger partial charge in [0.05, 0.1) is 18.4 Å². The fourth-order valence-corrected chi connectivity index (χ4v) is 4.14. The van der Waals surface area contributed by atoms with E-state index in [1.165, 1.54) is 19.1 Å². The standard InChI is InChI=1S/C26H22ClN3O3S/c1-17-8-6-13-22(33-16-18-9-4-3-5-10-18)24(17)21-15-23(27)29-26(28-21)30-34-20-12-7-11-19(14-20)25(31)32-2/h3-15H,16H2,1-2H3,(H,28,29,30). The zero-order valence-electron chi connectivity index (χ0n) is 18.6. The molecule has 0 radical (unpaired) electrons. The molecule has 1 N–H and O–H groups in total. The Balaban J connectivity index is 1.57. The highest BCUT2D eigenvalue weighted by molar-refractivity contribution is 8.00. The van der Waals surface area contributed by atoms with Crippen LogP contribution in [0.1, 0.15) is 21.5 Å². The van der Waals surface area contributed by atoms with Crippen LogP contribution in [0.5, 0.6) is 5.75 Å². The predicted molar refractivity (Wildman–Crippen MR) is 135 cm³/mol. The molecule has 0 aliphatic heterocycles. The maximum Gasteiger partial charge on any atom is 0.337 e. The van der Waals surface area contributed by atoms with Gasteiger partial charge in [-0.1, -0.05) is 60.1 Å². The van der Waals surface area contributed by atoms with E-state index in [4.69, 9.17) is 21.1 Å². The molecule has 0 aliphatic carbocycles. The summed E-state index contributed by atoms with van der Waals surface area (Å²) in [6.07, 6.45) is 0. The lowest BCUT2D eigenvalue weighted by molar-refractivity contribution is 0.0600. The summed E-state index contributed by atoms with van der Waals surface area (Å²) < 4.78 is 14.0. The molecule has 0 aliphatic rings. The minimum absolute atomic E-state index is 0.300. The number of esters is 1. The Bertz CT molecular complexity index is 1300. The third-order valence-electron chi connectivity index (χ3n) is 4.94. The molecule has 0 saturated carbocycles. The van der Waals surface area contributed by atoms with E-state index in [2.05, 4.69) is 14.7 Å². The largest absolute Gasteiger partial charge is 0.488 e. The number of anilines is 1. The smallest absolute Gasteiger partial charge is 0.337 e. The highest BCUT2D eigenvalue weighted by Crippen LogP contribution is 2.34. The molecule has 0 saturated heterocycles. The average molecular weight is 492 g/mol. The van der Waals surface area contributed by atoms with Gasteiger partial charge in [-0.2, -0.15) is 0 Å². The summed E-state index contributed by atoms with van der Waals surface area (Å²) >= 11 is 7.61. The van der Waals surface area contributed by atoms with E-state index >= 15 is 0 Å². The SMILES string of the molecule is COC(=O)c1cccc(SNc2nc(Cl)cc(-c3c(C)cccc3OCc3ccccc3)n2)c1. The number of aryl methyl sites for hydroxylation is 1. The number of carbonyl (C=O) groups excluding carboxylic acids is 1. The average Bonchev–Trinajstić information content (AvgIpc) is 2.86. The number of nitrogens with one attached hydrogen (secondary N) is 1. The molecule has 0 fully saturated rings. The third-order valence-corrected chi connectivity index (χ3v) is 5.91. The van der Waals surface area contributed by atoms with Crippen LogP contribution < -0.4 is 9.46 Å². The van der Waals surface area contributed by atoms with Gasteiger partial charge >= 0.3 is 5.97 Å². The van der Waals surface area contributed by atoms with Gasteiger partial charge in [-0.25, -0.2) is 14.8 Å². The summed E-state index contributed by atoms with van der Waals surface area (Å²) in [6.45, 7) is 2.44. The van der Waals surface area contributed by atoms with Gasteiger partial charge in [0.25, 0.3) is 0 Å². The van der Waals surface area contributed by atoms with Gasteiger partial charge in [0.2, 0.25) is 5.95 Å². The van der Waals surface area contributed by atoms with E-state index in [9.17, 15) is 4.79 Å². The number of methoxy groups -OCH3 is 1. The summed E-state index contributed by atoms with van der Waals surface area (Å²) in [5, 5.41) is 0.300. The maximum atomic E-state index is 11.8. The second-order valence-corrected chi connectivity index (χ2v) is 8.61. The van der Waals surface area contributed by atoms with Gasteiger partial charge in [-0.3, -0.25) is 4.72 Å². The molecule has 1 aromatic heterocycles. The number of nitrogens with zero attached hydrogens (tertiary/aromatic N) is 2. The monoisotopic (exact) mass is 491 g/mol. The van der Waals surface area contributed by atoms with Crippen LogP contribution in [0.3, 0.4) is 0 Å². The van der Waals surface area contributed by atoms with Crippen LogP contribution in [0.2, 0.25) is 5.15 Å². The first-order valence-electron chi connectivity index (χ1n) is 10.5. The summed E-state index contributed by atoms with van der Waals surface area (Å²) in [7, 11) is 1.35. The van der Waals surface area contributed by atoms with Crippen molar-refractivity contribution in [2.45, 2.75) is 18.4 Å². The Morgan fingerprint density at radius 1 is 1.00 bits per heavy atom. The number of halogens is 1.